The minimum atomic E-state index is -0.423. The van der Waals surface area contributed by atoms with Crippen LogP contribution in [-0.4, -0.2) is 0 Å². The molecule has 0 aliphatic heterocycles. The van der Waals surface area contributed by atoms with Crippen LogP contribution in [-0.2, 0) is 6.54 Å². The fourth-order valence-electron chi connectivity index (χ4n) is 7.53. The van der Waals surface area contributed by atoms with E-state index in [1.54, 1.807) is 0 Å². The highest BCUT2D eigenvalue weighted by atomic mass is 32.1. The highest BCUT2D eigenvalue weighted by Crippen LogP contribution is 2.43. The number of hydrogen-bond donors (Lipinski definition) is 3. The number of benzene rings is 7. The van der Waals surface area contributed by atoms with Gasteiger partial charge in [-0.1, -0.05) is 127 Å². The first-order valence-corrected chi connectivity index (χ1v) is 18.9. The highest BCUT2D eigenvalue weighted by Gasteiger charge is 2.20. The maximum absolute atomic E-state index is 6.99. The fourth-order valence-corrected chi connectivity index (χ4v) is 9.98. The third-order valence-corrected chi connectivity index (χ3v) is 12.5. The molecular weight excluding hydrogens is 663 g/mol. The van der Waals surface area contributed by atoms with Gasteiger partial charge in [-0.05, 0) is 41.0 Å². The molecule has 4 N–H and O–H groups in total. The van der Waals surface area contributed by atoms with E-state index >= 15 is 0 Å². The number of hydrogen-bond acceptors (Lipinski definition) is 6. The summed E-state index contributed by atoms with van der Waals surface area (Å²) in [4.78, 5) is 0. The lowest BCUT2D eigenvalue weighted by molar-refractivity contribution is 0.386. The monoisotopic (exact) mass is 695 g/mol. The molecule has 3 aromatic heterocycles. The molecule has 3 heterocycles. The number of rotatable bonds is 8. The van der Waals surface area contributed by atoms with Crippen LogP contribution in [0, 0.1) is 0 Å². The summed E-state index contributed by atoms with van der Waals surface area (Å²) < 4.78 is 11.8. The van der Waals surface area contributed by atoms with Crippen LogP contribution in [0.4, 0.5) is 0 Å². The van der Waals surface area contributed by atoms with Crippen molar-refractivity contribution >= 4 is 85.0 Å². The van der Waals surface area contributed by atoms with E-state index in [1.165, 1.54) is 51.5 Å². The Balaban J connectivity index is 0.982. The molecule has 51 heavy (non-hydrogen) atoms. The molecule has 10 rings (SSSR count). The summed E-state index contributed by atoms with van der Waals surface area (Å²) >= 11 is 3.70. The van der Waals surface area contributed by atoms with E-state index in [0.717, 1.165) is 38.6 Å². The van der Waals surface area contributed by atoms with Crippen molar-refractivity contribution in [2.45, 2.75) is 18.9 Å². The average molecular weight is 696 g/mol. The second kappa shape index (κ2) is 12.5. The zero-order valence-electron chi connectivity index (χ0n) is 27.6. The zero-order chi connectivity index (χ0) is 33.9. The van der Waals surface area contributed by atoms with Crippen molar-refractivity contribution in [2.24, 2.45) is 5.73 Å². The lowest BCUT2D eigenvalue weighted by Gasteiger charge is -2.25. The number of fused-ring (bicyclic) bond motifs is 9. The molecule has 10 aromatic rings. The molecule has 4 nitrogen and oxygen atoms in total. The van der Waals surface area contributed by atoms with E-state index in [0.29, 0.717) is 6.54 Å². The molecule has 0 bridgehead atoms. The Morgan fingerprint density at radius 1 is 0.529 bits per heavy atom. The van der Waals surface area contributed by atoms with Gasteiger partial charge in [-0.15, -0.1) is 22.7 Å². The summed E-state index contributed by atoms with van der Waals surface area (Å²) in [5.74, 6) is 0. The summed E-state index contributed by atoms with van der Waals surface area (Å²) in [6.45, 7) is 0.699. The van der Waals surface area contributed by atoms with Crippen molar-refractivity contribution in [1.82, 2.24) is 10.6 Å². The molecule has 0 saturated carbocycles. The fraction of sp³-hybridized carbons (Fsp3) is 0.0667. The molecule has 0 fully saturated rings. The number of nitrogens with one attached hydrogen (secondary N) is 2. The quantitative estimate of drug-likeness (QED) is 0.138. The SMILES string of the molecule is NC(NC(NCc1cccc2c1sc1ccccc12)c1ccccc1)c1ccc2oc3c(-c4cccc5c4sc4ccccc45)cccc3c2c1. The molecular formula is C45H33N3OS2. The van der Waals surface area contributed by atoms with E-state index in [1.807, 2.05) is 28.7 Å². The van der Waals surface area contributed by atoms with E-state index in [4.69, 9.17) is 10.2 Å². The van der Waals surface area contributed by atoms with Gasteiger partial charge in [-0.2, -0.15) is 0 Å². The van der Waals surface area contributed by atoms with Gasteiger partial charge in [0.25, 0.3) is 0 Å². The predicted molar refractivity (Wildman–Crippen MR) is 217 cm³/mol. The maximum atomic E-state index is 6.99. The van der Waals surface area contributed by atoms with Gasteiger partial charge >= 0.3 is 0 Å². The van der Waals surface area contributed by atoms with Gasteiger partial charge in [-0.3, -0.25) is 10.6 Å². The van der Waals surface area contributed by atoms with Crippen molar-refractivity contribution in [3.05, 3.63) is 168 Å². The van der Waals surface area contributed by atoms with Crippen LogP contribution in [0.1, 0.15) is 29.0 Å². The van der Waals surface area contributed by atoms with Crippen LogP contribution in [0.5, 0.6) is 0 Å². The van der Waals surface area contributed by atoms with Crippen LogP contribution < -0.4 is 16.4 Å². The summed E-state index contributed by atoms with van der Waals surface area (Å²) in [6.07, 6.45) is -0.594. The Hall–Kier alpha value is -5.34. The van der Waals surface area contributed by atoms with Gasteiger partial charge in [-0.25, -0.2) is 0 Å². The minimum absolute atomic E-state index is 0.170. The standard InChI is InChI=1S/C45H33N3OS2/c46-44(48-45(27-11-2-1-3-12-27)47-26-29-13-8-18-34-30-14-4-6-21-39(30)50-42(29)34)28-23-24-38-37(25-28)33-17-9-16-32(41(33)49-38)36-20-10-19-35-31-15-5-7-22-40(31)51-43(35)36/h1-25,44-45,47-48H,26,46H2. The maximum Gasteiger partial charge on any atom is 0.143 e. The van der Waals surface area contributed by atoms with Gasteiger partial charge < -0.3 is 10.2 Å². The third kappa shape index (κ3) is 5.23. The second-order valence-electron chi connectivity index (χ2n) is 13.1. The Morgan fingerprint density at radius 2 is 1.16 bits per heavy atom. The van der Waals surface area contributed by atoms with Gasteiger partial charge in [0.1, 0.15) is 11.2 Å². The lowest BCUT2D eigenvalue weighted by Crippen LogP contribution is -2.39. The summed E-state index contributed by atoms with van der Waals surface area (Å²) in [7, 11) is 0. The number of thiophene rings is 2. The Bertz CT molecular complexity index is 2890. The molecule has 2 atom stereocenters. The average Bonchev–Trinajstić information content (AvgIpc) is 3.88. The van der Waals surface area contributed by atoms with Crippen molar-refractivity contribution in [1.29, 1.82) is 0 Å². The molecule has 0 spiro atoms. The van der Waals surface area contributed by atoms with Crippen molar-refractivity contribution in [3.8, 4) is 11.1 Å². The van der Waals surface area contributed by atoms with Crippen LogP contribution >= 0.6 is 22.7 Å². The van der Waals surface area contributed by atoms with Gasteiger partial charge in [0.05, 0.1) is 12.3 Å². The highest BCUT2D eigenvalue weighted by molar-refractivity contribution is 7.26. The van der Waals surface area contributed by atoms with Crippen LogP contribution in [0.25, 0.3) is 73.4 Å². The first-order valence-electron chi connectivity index (χ1n) is 17.2. The van der Waals surface area contributed by atoms with E-state index in [9.17, 15) is 0 Å². The Morgan fingerprint density at radius 3 is 1.94 bits per heavy atom. The zero-order valence-corrected chi connectivity index (χ0v) is 29.2. The van der Waals surface area contributed by atoms with Gasteiger partial charge in [0, 0.05) is 68.8 Å². The van der Waals surface area contributed by atoms with Crippen LogP contribution in [0.15, 0.2) is 156 Å². The van der Waals surface area contributed by atoms with Crippen molar-refractivity contribution in [2.75, 3.05) is 0 Å². The molecule has 7 aromatic carbocycles. The Kier molecular flexibility index (Phi) is 7.45. The molecule has 0 radical (unpaired) electrons. The topological polar surface area (TPSA) is 63.2 Å². The minimum Gasteiger partial charge on any atom is -0.455 e. The Labute approximate surface area is 302 Å². The first-order chi connectivity index (χ1) is 25.2. The molecule has 0 aliphatic rings. The largest absolute Gasteiger partial charge is 0.455 e. The molecule has 2 unspecified atom stereocenters. The van der Waals surface area contributed by atoms with Crippen molar-refractivity contribution in [3.63, 3.8) is 0 Å². The first kappa shape index (κ1) is 30.5. The van der Waals surface area contributed by atoms with Gasteiger partial charge in [0.2, 0.25) is 0 Å². The van der Waals surface area contributed by atoms with E-state index in [-0.39, 0.29) is 6.17 Å². The molecule has 0 aliphatic carbocycles. The third-order valence-electron chi connectivity index (χ3n) is 10.0. The molecule has 246 valence electrons. The lowest BCUT2D eigenvalue weighted by atomic mass is 10.00. The summed E-state index contributed by atoms with van der Waals surface area (Å²) in [5.41, 5.74) is 14.4. The predicted octanol–water partition coefficient (Wildman–Crippen LogP) is 12.0. The second-order valence-corrected chi connectivity index (χ2v) is 15.2. The summed E-state index contributed by atoms with van der Waals surface area (Å²) in [5, 5.41) is 14.8. The molecule has 6 heteroatoms. The van der Waals surface area contributed by atoms with E-state index < -0.39 is 6.17 Å². The van der Waals surface area contributed by atoms with E-state index in [2.05, 4.69) is 156 Å². The smallest absolute Gasteiger partial charge is 0.143 e. The molecule has 0 saturated heterocycles. The van der Waals surface area contributed by atoms with Crippen molar-refractivity contribution < 1.29 is 4.42 Å². The number of furan rings is 1. The molecule has 0 amide bonds. The van der Waals surface area contributed by atoms with Crippen LogP contribution in [0.3, 0.4) is 0 Å². The van der Waals surface area contributed by atoms with Crippen LogP contribution in [0.2, 0.25) is 0 Å². The van der Waals surface area contributed by atoms with Gasteiger partial charge in [0.15, 0.2) is 0 Å². The number of nitrogens with two attached hydrogens (primary N) is 1. The number of para-hydroxylation sites is 1. The summed E-state index contributed by atoms with van der Waals surface area (Å²) in [6, 6.07) is 53.7. The normalized spacial score (nSPS) is 13.3.